The molecule has 0 radical (unpaired) electrons. The number of aliphatic hydroxyl groups is 7. The molecule has 2 aromatic carbocycles. The highest BCUT2D eigenvalue weighted by Crippen LogP contribution is 2.34. The Bertz CT molecular complexity index is 1590. The van der Waals surface area contributed by atoms with Crippen LogP contribution >= 0.6 is 0 Å². The number of carbonyl (C=O) groups excluding carboxylic acids is 1. The van der Waals surface area contributed by atoms with Gasteiger partial charge in [-0.05, 0) is 54.8 Å². The molecule has 2 aromatic rings. The Morgan fingerprint density at radius 1 is 0.870 bits per heavy atom. The Kier molecular flexibility index (Phi) is 13.7. The van der Waals surface area contributed by atoms with E-state index in [4.69, 9.17) is 37.9 Å². The predicted octanol–water partition coefficient (Wildman–Crippen LogP) is -2.25. The third-order valence-electron chi connectivity index (χ3n) is 9.30. The van der Waals surface area contributed by atoms with Crippen molar-refractivity contribution in [1.29, 1.82) is 0 Å². The second-order valence-corrected chi connectivity index (χ2v) is 13.1. The first-order valence-electron chi connectivity index (χ1n) is 17.0. The molecule has 13 unspecified atom stereocenters. The van der Waals surface area contributed by atoms with Gasteiger partial charge in [0.05, 0.1) is 39.6 Å². The molecule has 13 atom stereocenters. The molecular weight excluding hydrogens is 724 g/mol. The molecule has 10 N–H and O–H groups in total. The lowest BCUT2D eigenvalue weighted by Crippen LogP contribution is -2.63. The SMILES string of the molecule is COc1cc(C=CC(=O)OC2C(COC3OC(C)C(O)C(O)C3O)OC(OCCc3ccc(O)c(O)c3)C(O)C2OC2OCC(O)(CO)C2O)ccc1O. The van der Waals surface area contributed by atoms with Crippen LogP contribution in [0.2, 0.25) is 0 Å². The first-order chi connectivity index (χ1) is 25.6. The Morgan fingerprint density at radius 3 is 2.28 bits per heavy atom. The average Bonchev–Trinajstić information content (AvgIpc) is 3.44. The molecule has 3 aliphatic rings. The Hall–Kier alpha value is -3.67. The van der Waals surface area contributed by atoms with Crippen LogP contribution in [0.5, 0.6) is 23.0 Å². The second-order valence-electron chi connectivity index (χ2n) is 13.1. The summed E-state index contributed by atoms with van der Waals surface area (Å²) < 4.78 is 45.3. The smallest absolute Gasteiger partial charge is 0.331 e. The van der Waals surface area contributed by atoms with Gasteiger partial charge in [0, 0.05) is 6.08 Å². The fourth-order valence-electron chi connectivity index (χ4n) is 6.02. The van der Waals surface area contributed by atoms with E-state index in [1.165, 1.54) is 56.5 Å². The molecule has 0 aliphatic carbocycles. The summed E-state index contributed by atoms with van der Waals surface area (Å²) >= 11 is 0. The third-order valence-corrected chi connectivity index (χ3v) is 9.30. The van der Waals surface area contributed by atoms with Crippen LogP contribution in [-0.2, 0) is 44.4 Å². The van der Waals surface area contributed by atoms with Crippen molar-refractivity contribution in [2.75, 3.05) is 33.5 Å². The average molecular weight is 771 g/mol. The fraction of sp³-hybridized carbons (Fsp3) is 0.571. The summed E-state index contributed by atoms with van der Waals surface area (Å²) in [5.41, 5.74) is -1.17. The number of phenolic OH excluding ortho intramolecular Hbond substituents is 3. The van der Waals surface area contributed by atoms with E-state index in [0.29, 0.717) is 11.1 Å². The number of methoxy groups -OCH3 is 1. The number of esters is 1. The Morgan fingerprint density at radius 2 is 1.59 bits per heavy atom. The summed E-state index contributed by atoms with van der Waals surface area (Å²) in [5, 5.41) is 103. The molecule has 0 spiro atoms. The summed E-state index contributed by atoms with van der Waals surface area (Å²) in [6.45, 7) is -0.762. The molecule has 3 saturated heterocycles. The number of rotatable bonds is 14. The van der Waals surface area contributed by atoms with Crippen molar-refractivity contribution in [3.8, 4) is 23.0 Å². The van der Waals surface area contributed by atoms with Gasteiger partial charge in [0.2, 0.25) is 0 Å². The van der Waals surface area contributed by atoms with E-state index in [1.807, 2.05) is 0 Å². The summed E-state index contributed by atoms with van der Waals surface area (Å²) in [6.07, 6.45) is -16.4. The number of carbonyl (C=O) groups is 1. The van der Waals surface area contributed by atoms with E-state index < -0.39 is 105 Å². The predicted molar refractivity (Wildman–Crippen MR) is 179 cm³/mol. The van der Waals surface area contributed by atoms with Crippen molar-refractivity contribution in [2.24, 2.45) is 0 Å². The lowest BCUT2D eigenvalue weighted by molar-refractivity contribution is -0.344. The van der Waals surface area contributed by atoms with E-state index in [0.717, 1.165) is 6.08 Å². The topological polar surface area (TPSA) is 293 Å². The Balaban J connectivity index is 1.42. The minimum absolute atomic E-state index is 0.130. The van der Waals surface area contributed by atoms with Gasteiger partial charge in [-0.15, -0.1) is 0 Å². The van der Waals surface area contributed by atoms with Crippen LogP contribution in [-0.4, -0.2) is 170 Å². The monoisotopic (exact) mass is 770 g/mol. The van der Waals surface area contributed by atoms with Gasteiger partial charge in [0.1, 0.15) is 48.3 Å². The van der Waals surface area contributed by atoms with Crippen LogP contribution in [0.25, 0.3) is 6.08 Å². The highest BCUT2D eigenvalue weighted by molar-refractivity contribution is 5.87. The second kappa shape index (κ2) is 17.9. The maximum absolute atomic E-state index is 13.3. The fourth-order valence-corrected chi connectivity index (χ4v) is 6.02. The molecule has 3 aliphatic heterocycles. The number of aliphatic hydroxyl groups excluding tert-OH is 6. The number of hydrogen-bond acceptors (Lipinski definition) is 19. The molecule has 0 saturated carbocycles. The summed E-state index contributed by atoms with van der Waals surface area (Å²) in [5.74, 6) is -1.72. The number of hydrogen-bond donors (Lipinski definition) is 10. The molecule has 0 amide bonds. The molecule has 300 valence electrons. The highest BCUT2D eigenvalue weighted by atomic mass is 16.8. The minimum atomic E-state index is -2.13. The standard InChI is InChI=1S/C35H46O19/c1-16-25(41)26(42)27(43)32(51-16)49-13-23-29(53-24(40)8-5-17-4-7-20(38)22(12-17)47-2)30(54-34-31(45)35(46,14-36)15-50-34)28(44)33(52-23)48-10-9-18-3-6-19(37)21(39)11-18/h3-8,11-12,16,23,25-34,36-39,41-46H,9-10,13-15H2,1-2H3. The number of ether oxygens (including phenoxy) is 8. The molecule has 0 aromatic heterocycles. The van der Waals surface area contributed by atoms with Crippen LogP contribution in [0.15, 0.2) is 42.5 Å². The van der Waals surface area contributed by atoms with Gasteiger partial charge < -0.3 is 89.0 Å². The largest absolute Gasteiger partial charge is 0.504 e. The van der Waals surface area contributed by atoms with E-state index in [2.05, 4.69) is 0 Å². The molecule has 3 heterocycles. The van der Waals surface area contributed by atoms with Gasteiger partial charge in [-0.3, -0.25) is 0 Å². The van der Waals surface area contributed by atoms with Crippen LogP contribution in [0.4, 0.5) is 0 Å². The molecule has 5 rings (SSSR count). The lowest BCUT2D eigenvalue weighted by atomic mass is 9.97. The quantitative estimate of drug-likeness (QED) is 0.0552. The molecule has 19 nitrogen and oxygen atoms in total. The molecule has 3 fully saturated rings. The van der Waals surface area contributed by atoms with Gasteiger partial charge in [-0.2, -0.15) is 0 Å². The first kappa shape index (κ1) is 41.5. The van der Waals surface area contributed by atoms with Crippen molar-refractivity contribution in [1.82, 2.24) is 0 Å². The molecule has 19 heteroatoms. The van der Waals surface area contributed by atoms with E-state index >= 15 is 0 Å². The van der Waals surface area contributed by atoms with Crippen molar-refractivity contribution >= 4 is 12.0 Å². The van der Waals surface area contributed by atoms with Crippen LogP contribution in [0.3, 0.4) is 0 Å². The van der Waals surface area contributed by atoms with Gasteiger partial charge in [0.15, 0.2) is 48.0 Å². The molecular formula is C35H46O19. The maximum atomic E-state index is 13.3. The summed E-state index contributed by atoms with van der Waals surface area (Å²) in [4.78, 5) is 13.3. The van der Waals surface area contributed by atoms with Gasteiger partial charge in [-0.1, -0.05) is 12.1 Å². The van der Waals surface area contributed by atoms with Crippen molar-refractivity contribution in [2.45, 2.75) is 92.8 Å². The van der Waals surface area contributed by atoms with E-state index in [-0.39, 0.29) is 36.0 Å². The normalized spacial score (nSPS) is 35.6. The number of aromatic hydroxyl groups is 3. The number of phenols is 3. The zero-order chi connectivity index (χ0) is 39.3. The van der Waals surface area contributed by atoms with Gasteiger partial charge in [-0.25, -0.2) is 4.79 Å². The van der Waals surface area contributed by atoms with Crippen molar-refractivity contribution < 1.29 is 93.8 Å². The highest BCUT2D eigenvalue weighted by Gasteiger charge is 2.55. The van der Waals surface area contributed by atoms with E-state index in [9.17, 15) is 55.9 Å². The lowest BCUT2D eigenvalue weighted by Gasteiger charge is -2.45. The number of benzene rings is 2. The summed E-state index contributed by atoms with van der Waals surface area (Å²) in [6, 6.07) is 8.38. The van der Waals surface area contributed by atoms with Crippen LogP contribution < -0.4 is 4.74 Å². The molecule has 0 bridgehead atoms. The van der Waals surface area contributed by atoms with E-state index in [1.54, 1.807) is 0 Å². The van der Waals surface area contributed by atoms with Crippen molar-refractivity contribution in [3.05, 3.63) is 53.6 Å². The van der Waals surface area contributed by atoms with Crippen LogP contribution in [0.1, 0.15) is 18.1 Å². The first-order valence-corrected chi connectivity index (χ1v) is 17.0. The maximum Gasteiger partial charge on any atom is 0.331 e. The molecule has 54 heavy (non-hydrogen) atoms. The minimum Gasteiger partial charge on any atom is -0.504 e. The van der Waals surface area contributed by atoms with Gasteiger partial charge >= 0.3 is 5.97 Å². The van der Waals surface area contributed by atoms with Crippen molar-refractivity contribution in [3.63, 3.8) is 0 Å². The Labute approximate surface area is 308 Å². The van der Waals surface area contributed by atoms with Crippen LogP contribution in [0, 0.1) is 0 Å². The zero-order valence-corrected chi connectivity index (χ0v) is 29.2. The van der Waals surface area contributed by atoms with Gasteiger partial charge in [0.25, 0.3) is 0 Å². The summed E-state index contributed by atoms with van der Waals surface area (Å²) in [7, 11) is 1.34. The zero-order valence-electron chi connectivity index (χ0n) is 29.2. The third kappa shape index (κ3) is 9.40.